The Balaban J connectivity index is 1.83. The first-order chi connectivity index (χ1) is 7.66. The van der Waals surface area contributed by atoms with Gasteiger partial charge in [0.1, 0.15) is 6.17 Å². The van der Waals surface area contributed by atoms with Gasteiger partial charge in [0.05, 0.1) is 6.10 Å². The van der Waals surface area contributed by atoms with Gasteiger partial charge in [-0.25, -0.2) is 4.39 Å². The Labute approximate surface area is 98.1 Å². The second kappa shape index (κ2) is 5.46. The minimum absolute atomic E-state index is 0.0611. The monoisotopic (exact) mass is 229 g/mol. The Morgan fingerprint density at radius 2 is 2.12 bits per heavy atom. The van der Waals surface area contributed by atoms with Crippen molar-refractivity contribution in [2.75, 3.05) is 26.2 Å². The molecule has 0 radical (unpaired) electrons. The Morgan fingerprint density at radius 1 is 1.31 bits per heavy atom. The van der Waals surface area contributed by atoms with Gasteiger partial charge in [-0.05, 0) is 25.3 Å². The van der Waals surface area contributed by atoms with E-state index in [1.54, 1.807) is 0 Å². The van der Waals surface area contributed by atoms with Crippen molar-refractivity contribution in [3.63, 3.8) is 0 Å². The van der Waals surface area contributed by atoms with E-state index in [0.717, 1.165) is 25.6 Å². The van der Waals surface area contributed by atoms with E-state index in [0.29, 0.717) is 13.0 Å². The maximum atomic E-state index is 13.6. The largest absolute Gasteiger partial charge is 0.376 e. The number of hydrogen-bond acceptors (Lipinski definition) is 2. The quantitative estimate of drug-likeness (QED) is 0.721. The lowest BCUT2D eigenvalue weighted by Crippen LogP contribution is -2.46. The van der Waals surface area contributed by atoms with Gasteiger partial charge in [0.2, 0.25) is 0 Å². The van der Waals surface area contributed by atoms with Gasteiger partial charge in [-0.1, -0.05) is 13.8 Å². The van der Waals surface area contributed by atoms with Gasteiger partial charge in [-0.15, -0.1) is 0 Å². The molecule has 1 unspecified atom stereocenters. The van der Waals surface area contributed by atoms with Crippen LogP contribution in [0.5, 0.6) is 0 Å². The van der Waals surface area contributed by atoms with Crippen molar-refractivity contribution < 1.29 is 9.13 Å². The molecule has 2 nitrogen and oxygen atoms in total. The first-order valence-corrected chi connectivity index (χ1v) is 6.65. The number of rotatable bonds is 2. The molecule has 0 bridgehead atoms. The first-order valence-electron chi connectivity index (χ1n) is 6.65. The summed E-state index contributed by atoms with van der Waals surface area (Å²) in [5.74, 6) is 0.847. The molecule has 4 atom stereocenters. The summed E-state index contributed by atoms with van der Waals surface area (Å²) < 4.78 is 19.3. The summed E-state index contributed by atoms with van der Waals surface area (Å²) in [6.45, 7) is 8.13. The number of nitrogens with zero attached hydrogens (tertiary/aromatic N) is 1. The van der Waals surface area contributed by atoms with Gasteiger partial charge in [-0.3, -0.25) is 0 Å². The Hall–Kier alpha value is -0.150. The minimum atomic E-state index is -0.666. The van der Waals surface area contributed by atoms with Crippen molar-refractivity contribution in [2.24, 2.45) is 11.8 Å². The Bertz CT molecular complexity index is 224. The zero-order valence-corrected chi connectivity index (χ0v) is 10.5. The zero-order valence-electron chi connectivity index (χ0n) is 10.5. The second-order valence-electron chi connectivity index (χ2n) is 5.58. The highest BCUT2D eigenvalue weighted by atomic mass is 19.1. The minimum Gasteiger partial charge on any atom is -0.376 e. The van der Waals surface area contributed by atoms with Gasteiger partial charge in [0.25, 0.3) is 0 Å². The van der Waals surface area contributed by atoms with Crippen LogP contribution in [0.3, 0.4) is 0 Å². The summed E-state index contributed by atoms with van der Waals surface area (Å²) in [7, 11) is 0. The van der Waals surface area contributed by atoms with Crippen LogP contribution in [0.1, 0.15) is 33.1 Å². The highest BCUT2D eigenvalue weighted by molar-refractivity contribution is 4.82. The van der Waals surface area contributed by atoms with Crippen LogP contribution in [0.2, 0.25) is 0 Å². The van der Waals surface area contributed by atoms with E-state index in [1.807, 2.05) is 6.92 Å². The highest BCUT2D eigenvalue weighted by Gasteiger charge is 2.32. The number of piperidine rings is 1. The van der Waals surface area contributed by atoms with Gasteiger partial charge in [0.15, 0.2) is 0 Å². The molecule has 0 aromatic carbocycles. The summed E-state index contributed by atoms with van der Waals surface area (Å²) in [4.78, 5) is 2.45. The van der Waals surface area contributed by atoms with Gasteiger partial charge < -0.3 is 9.64 Å². The molecule has 0 spiro atoms. The molecule has 0 saturated carbocycles. The topological polar surface area (TPSA) is 12.5 Å². The van der Waals surface area contributed by atoms with Crippen molar-refractivity contribution >= 4 is 0 Å². The third-order valence-electron chi connectivity index (χ3n) is 4.06. The van der Waals surface area contributed by atoms with Crippen LogP contribution in [0, 0.1) is 11.8 Å². The lowest BCUT2D eigenvalue weighted by molar-refractivity contribution is -0.0755. The zero-order chi connectivity index (χ0) is 11.5. The van der Waals surface area contributed by atoms with Crippen LogP contribution in [-0.4, -0.2) is 43.4 Å². The van der Waals surface area contributed by atoms with Gasteiger partial charge >= 0.3 is 0 Å². The standard InChI is InChI=1S/C13H24FNO/c1-10-4-3-6-15(8-10)9-13-11(2)12(14)5-7-16-13/h10-13H,3-9H2,1-2H3/t10-,11-,12-,13?/m0/s1. The molecule has 16 heavy (non-hydrogen) atoms. The Kier molecular flexibility index (Phi) is 4.20. The normalized spacial score (nSPS) is 42.2. The third-order valence-corrected chi connectivity index (χ3v) is 4.06. The van der Waals surface area contributed by atoms with Crippen LogP contribution >= 0.6 is 0 Å². The number of hydrogen-bond donors (Lipinski definition) is 0. The van der Waals surface area contributed by atoms with E-state index in [2.05, 4.69) is 11.8 Å². The fraction of sp³-hybridized carbons (Fsp3) is 1.00. The summed E-state index contributed by atoms with van der Waals surface area (Å²) in [5, 5.41) is 0. The molecule has 0 aliphatic carbocycles. The molecule has 2 heterocycles. The maximum Gasteiger partial charge on any atom is 0.107 e. The van der Waals surface area contributed by atoms with Crippen molar-refractivity contribution in [3.05, 3.63) is 0 Å². The molecule has 2 aliphatic heterocycles. The van der Waals surface area contributed by atoms with E-state index in [1.165, 1.54) is 12.8 Å². The number of alkyl halides is 1. The summed E-state index contributed by atoms with van der Waals surface area (Å²) in [6.07, 6.45) is 2.63. The third kappa shape index (κ3) is 2.95. The van der Waals surface area contributed by atoms with Crippen molar-refractivity contribution in [3.8, 4) is 0 Å². The Morgan fingerprint density at radius 3 is 2.88 bits per heavy atom. The average Bonchev–Trinajstić information content (AvgIpc) is 2.25. The molecule has 3 heteroatoms. The number of ether oxygens (including phenoxy) is 1. The molecule has 2 aliphatic rings. The predicted molar refractivity (Wildman–Crippen MR) is 63.3 cm³/mol. The number of halogens is 1. The molecule has 2 saturated heterocycles. The van der Waals surface area contributed by atoms with Crippen molar-refractivity contribution in [2.45, 2.75) is 45.4 Å². The van der Waals surface area contributed by atoms with Crippen LogP contribution in [0.15, 0.2) is 0 Å². The van der Waals surface area contributed by atoms with E-state index in [-0.39, 0.29) is 12.0 Å². The molecule has 0 aromatic rings. The first kappa shape index (κ1) is 12.3. The second-order valence-corrected chi connectivity index (χ2v) is 5.58. The molecular formula is C13H24FNO. The fourth-order valence-electron chi connectivity index (χ4n) is 2.91. The molecule has 0 aromatic heterocycles. The molecule has 2 rings (SSSR count). The lowest BCUT2D eigenvalue weighted by atomic mass is 9.93. The van der Waals surface area contributed by atoms with Crippen LogP contribution in [0.25, 0.3) is 0 Å². The fourth-order valence-corrected chi connectivity index (χ4v) is 2.91. The van der Waals surface area contributed by atoms with Gasteiger partial charge in [0, 0.05) is 32.0 Å². The SMILES string of the molecule is C[C@H]1CCCN(CC2OCC[C@H](F)[C@@H]2C)C1. The summed E-state index contributed by atoms with van der Waals surface area (Å²) >= 11 is 0. The average molecular weight is 229 g/mol. The highest BCUT2D eigenvalue weighted by Crippen LogP contribution is 2.25. The molecule has 0 N–H and O–H groups in total. The molecule has 0 amide bonds. The van der Waals surface area contributed by atoms with E-state index in [9.17, 15) is 4.39 Å². The van der Waals surface area contributed by atoms with E-state index < -0.39 is 6.17 Å². The van der Waals surface area contributed by atoms with Crippen LogP contribution in [-0.2, 0) is 4.74 Å². The number of likely N-dealkylation sites (tertiary alicyclic amines) is 1. The van der Waals surface area contributed by atoms with Crippen molar-refractivity contribution in [1.29, 1.82) is 0 Å². The molecular weight excluding hydrogens is 205 g/mol. The van der Waals surface area contributed by atoms with Gasteiger partial charge in [-0.2, -0.15) is 0 Å². The lowest BCUT2D eigenvalue weighted by Gasteiger charge is -2.38. The van der Waals surface area contributed by atoms with E-state index in [4.69, 9.17) is 4.74 Å². The summed E-state index contributed by atoms with van der Waals surface area (Å²) in [5.41, 5.74) is 0. The predicted octanol–water partition coefficient (Wildman–Crippen LogP) is 2.48. The van der Waals surface area contributed by atoms with Crippen LogP contribution < -0.4 is 0 Å². The van der Waals surface area contributed by atoms with Crippen LogP contribution in [0.4, 0.5) is 4.39 Å². The van der Waals surface area contributed by atoms with E-state index >= 15 is 0 Å². The maximum absolute atomic E-state index is 13.6. The smallest absolute Gasteiger partial charge is 0.107 e. The van der Waals surface area contributed by atoms with Crippen molar-refractivity contribution in [1.82, 2.24) is 4.90 Å². The molecule has 2 fully saturated rings. The summed E-state index contributed by atoms with van der Waals surface area (Å²) in [6, 6.07) is 0. The molecule has 94 valence electrons.